The zero-order valence-corrected chi connectivity index (χ0v) is 11.2. The summed E-state index contributed by atoms with van der Waals surface area (Å²) in [5.41, 5.74) is 6.86. The quantitative estimate of drug-likeness (QED) is 0.762. The van der Waals surface area contributed by atoms with Gasteiger partial charge in [0.05, 0.1) is 12.2 Å². The molecule has 0 amide bonds. The van der Waals surface area contributed by atoms with Gasteiger partial charge in [-0.3, -0.25) is 0 Å². The summed E-state index contributed by atoms with van der Waals surface area (Å²) in [6, 6.07) is 3.27. The van der Waals surface area contributed by atoms with E-state index in [1.165, 1.54) is 6.07 Å². The summed E-state index contributed by atoms with van der Waals surface area (Å²) >= 11 is 0. The lowest BCUT2D eigenvalue weighted by Crippen LogP contribution is -2.10. The van der Waals surface area contributed by atoms with Crippen molar-refractivity contribution in [2.24, 2.45) is 5.92 Å². The van der Waals surface area contributed by atoms with Crippen LogP contribution in [-0.4, -0.2) is 17.7 Å². The topological polar surface area (TPSA) is 72.5 Å². The first-order valence-corrected chi connectivity index (χ1v) is 6.21. The number of carboxylic acids is 1. The third kappa shape index (κ3) is 3.65. The molecule has 0 aliphatic rings. The van der Waals surface area contributed by atoms with Gasteiger partial charge in [0.2, 0.25) is 0 Å². The van der Waals surface area contributed by atoms with Crippen molar-refractivity contribution in [3.63, 3.8) is 0 Å². The lowest BCUT2D eigenvalue weighted by Gasteiger charge is -2.14. The van der Waals surface area contributed by atoms with Crippen molar-refractivity contribution in [2.45, 2.75) is 33.6 Å². The SMILES string of the molecule is CCCC(C)COc1cc(C)c(N)c(C(=O)O)c1. The van der Waals surface area contributed by atoms with E-state index in [9.17, 15) is 4.79 Å². The van der Waals surface area contributed by atoms with Crippen LogP contribution in [0.25, 0.3) is 0 Å². The zero-order chi connectivity index (χ0) is 13.7. The standard InChI is InChI=1S/C14H21NO3/c1-4-5-9(2)8-18-11-6-10(3)13(15)12(7-11)14(16)17/h6-7,9H,4-5,8,15H2,1-3H3,(H,16,17). The number of benzene rings is 1. The van der Waals surface area contributed by atoms with Gasteiger partial charge in [0.15, 0.2) is 0 Å². The molecule has 1 atom stereocenters. The highest BCUT2D eigenvalue weighted by atomic mass is 16.5. The van der Waals surface area contributed by atoms with Crippen molar-refractivity contribution >= 4 is 11.7 Å². The summed E-state index contributed by atoms with van der Waals surface area (Å²) in [7, 11) is 0. The normalized spacial score (nSPS) is 12.2. The van der Waals surface area contributed by atoms with Crippen molar-refractivity contribution in [2.75, 3.05) is 12.3 Å². The Morgan fingerprint density at radius 2 is 2.17 bits per heavy atom. The van der Waals surface area contributed by atoms with Gasteiger partial charge in [0.1, 0.15) is 5.75 Å². The summed E-state index contributed by atoms with van der Waals surface area (Å²) in [6.07, 6.45) is 2.21. The molecule has 1 aromatic rings. The minimum absolute atomic E-state index is 0.105. The molecule has 0 heterocycles. The van der Waals surface area contributed by atoms with Crippen molar-refractivity contribution in [1.29, 1.82) is 0 Å². The van der Waals surface area contributed by atoms with Crippen LogP contribution in [0.2, 0.25) is 0 Å². The Bertz CT molecular complexity index is 429. The van der Waals surface area contributed by atoms with E-state index in [2.05, 4.69) is 13.8 Å². The average molecular weight is 251 g/mol. The van der Waals surface area contributed by atoms with Crippen LogP contribution in [0.3, 0.4) is 0 Å². The number of aryl methyl sites for hydroxylation is 1. The molecule has 0 radical (unpaired) electrons. The largest absolute Gasteiger partial charge is 0.493 e. The highest BCUT2D eigenvalue weighted by Crippen LogP contribution is 2.25. The lowest BCUT2D eigenvalue weighted by atomic mass is 10.1. The fraction of sp³-hybridized carbons (Fsp3) is 0.500. The van der Waals surface area contributed by atoms with E-state index in [0.29, 0.717) is 24.0 Å². The molecule has 18 heavy (non-hydrogen) atoms. The number of aromatic carboxylic acids is 1. The summed E-state index contributed by atoms with van der Waals surface area (Å²) in [4.78, 5) is 11.0. The Labute approximate surface area is 108 Å². The van der Waals surface area contributed by atoms with Gasteiger partial charge in [-0.25, -0.2) is 4.79 Å². The van der Waals surface area contributed by atoms with Crippen LogP contribution in [0, 0.1) is 12.8 Å². The molecule has 0 aliphatic heterocycles. The van der Waals surface area contributed by atoms with Crippen LogP contribution in [0.15, 0.2) is 12.1 Å². The van der Waals surface area contributed by atoms with Gasteiger partial charge in [-0.05, 0) is 37.0 Å². The highest BCUT2D eigenvalue weighted by Gasteiger charge is 2.12. The van der Waals surface area contributed by atoms with Crippen LogP contribution in [-0.2, 0) is 0 Å². The first kappa shape index (κ1) is 14.4. The second kappa shape index (κ2) is 6.28. The molecule has 0 aliphatic carbocycles. The molecule has 1 aromatic carbocycles. The highest BCUT2D eigenvalue weighted by molar-refractivity contribution is 5.95. The Morgan fingerprint density at radius 3 is 2.72 bits per heavy atom. The van der Waals surface area contributed by atoms with Crippen LogP contribution >= 0.6 is 0 Å². The molecule has 4 nitrogen and oxygen atoms in total. The van der Waals surface area contributed by atoms with Gasteiger partial charge in [-0.1, -0.05) is 20.3 Å². The zero-order valence-electron chi connectivity index (χ0n) is 11.2. The van der Waals surface area contributed by atoms with Crippen molar-refractivity contribution in [1.82, 2.24) is 0 Å². The predicted molar refractivity (Wildman–Crippen MR) is 72.1 cm³/mol. The van der Waals surface area contributed by atoms with Crippen LogP contribution in [0.4, 0.5) is 5.69 Å². The average Bonchev–Trinajstić information content (AvgIpc) is 2.30. The number of carboxylic acid groups (broad SMARTS) is 1. The second-order valence-electron chi connectivity index (χ2n) is 4.71. The lowest BCUT2D eigenvalue weighted by molar-refractivity contribution is 0.0697. The molecule has 0 fully saturated rings. The van der Waals surface area contributed by atoms with Crippen LogP contribution in [0.5, 0.6) is 5.75 Å². The van der Waals surface area contributed by atoms with Gasteiger partial charge in [-0.15, -0.1) is 0 Å². The fourth-order valence-corrected chi connectivity index (χ4v) is 1.84. The smallest absolute Gasteiger partial charge is 0.337 e. The molecule has 0 aromatic heterocycles. The summed E-state index contributed by atoms with van der Waals surface area (Å²) in [5.74, 6) is 0.00541. The van der Waals surface area contributed by atoms with Crippen molar-refractivity contribution < 1.29 is 14.6 Å². The first-order valence-electron chi connectivity index (χ1n) is 6.21. The van der Waals surface area contributed by atoms with Gasteiger partial charge >= 0.3 is 5.97 Å². The Kier molecular flexibility index (Phi) is 5.01. The third-order valence-corrected chi connectivity index (χ3v) is 2.91. The number of nitrogen functional groups attached to an aromatic ring is 1. The number of nitrogens with two attached hydrogens (primary N) is 1. The summed E-state index contributed by atoms with van der Waals surface area (Å²) in [5, 5.41) is 9.04. The molecule has 1 rings (SSSR count). The molecule has 0 spiro atoms. The monoisotopic (exact) mass is 251 g/mol. The van der Waals surface area contributed by atoms with Crippen molar-refractivity contribution in [3.8, 4) is 5.75 Å². The van der Waals surface area contributed by atoms with E-state index in [0.717, 1.165) is 18.4 Å². The Hall–Kier alpha value is -1.71. The van der Waals surface area contributed by atoms with E-state index in [1.807, 2.05) is 0 Å². The Balaban J connectivity index is 2.81. The maximum atomic E-state index is 11.0. The van der Waals surface area contributed by atoms with Crippen molar-refractivity contribution in [3.05, 3.63) is 23.3 Å². The second-order valence-corrected chi connectivity index (χ2v) is 4.71. The summed E-state index contributed by atoms with van der Waals surface area (Å²) < 4.78 is 5.63. The summed E-state index contributed by atoms with van der Waals surface area (Å²) in [6.45, 7) is 6.62. The van der Waals surface area contributed by atoms with Gasteiger partial charge < -0.3 is 15.6 Å². The van der Waals surface area contributed by atoms with Gasteiger partial charge in [0.25, 0.3) is 0 Å². The van der Waals surface area contributed by atoms with Crippen LogP contribution in [0.1, 0.15) is 42.6 Å². The molecule has 0 saturated carbocycles. The molecule has 0 bridgehead atoms. The molecule has 4 heteroatoms. The van der Waals surface area contributed by atoms with Crippen LogP contribution < -0.4 is 10.5 Å². The maximum Gasteiger partial charge on any atom is 0.337 e. The molecule has 0 saturated heterocycles. The van der Waals surface area contributed by atoms with E-state index in [1.54, 1.807) is 13.0 Å². The predicted octanol–water partition coefficient (Wildman–Crippen LogP) is 3.09. The number of rotatable bonds is 6. The number of ether oxygens (including phenoxy) is 1. The van der Waals surface area contributed by atoms with E-state index in [4.69, 9.17) is 15.6 Å². The molecular formula is C14H21NO3. The van der Waals surface area contributed by atoms with E-state index < -0.39 is 5.97 Å². The van der Waals surface area contributed by atoms with Gasteiger partial charge in [-0.2, -0.15) is 0 Å². The third-order valence-electron chi connectivity index (χ3n) is 2.91. The molecular weight excluding hydrogens is 230 g/mol. The first-order chi connectivity index (χ1) is 8.45. The maximum absolute atomic E-state index is 11.0. The van der Waals surface area contributed by atoms with E-state index in [-0.39, 0.29) is 5.56 Å². The van der Waals surface area contributed by atoms with E-state index >= 15 is 0 Å². The Morgan fingerprint density at radius 1 is 1.50 bits per heavy atom. The minimum atomic E-state index is -1.03. The number of carbonyl (C=O) groups is 1. The fourth-order valence-electron chi connectivity index (χ4n) is 1.84. The molecule has 1 unspecified atom stereocenters. The number of anilines is 1. The number of hydrogen-bond acceptors (Lipinski definition) is 3. The minimum Gasteiger partial charge on any atom is -0.493 e. The van der Waals surface area contributed by atoms with Gasteiger partial charge in [0, 0.05) is 5.69 Å². The molecule has 100 valence electrons. The number of hydrogen-bond donors (Lipinski definition) is 2. The molecule has 3 N–H and O–H groups in total.